The highest BCUT2D eigenvalue weighted by Crippen LogP contribution is 2.27. The van der Waals surface area contributed by atoms with Gasteiger partial charge in [0, 0.05) is 29.9 Å². The lowest BCUT2D eigenvalue weighted by atomic mass is 10.0. The lowest BCUT2D eigenvalue weighted by Gasteiger charge is -2.11. The largest absolute Gasteiger partial charge is 0.368 e. The van der Waals surface area contributed by atoms with Gasteiger partial charge in [0.05, 0.1) is 5.52 Å². The molecule has 0 saturated carbocycles. The Morgan fingerprint density at radius 3 is 2.72 bits per heavy atom. The number of fused-ring (bicyclic) bond motifs is 1. The molecule has 0 fully saturated rings. The van der Waals surface area contributed by atoms with Crippen molar-refractivity contribution in [3.8, 4) is 0 Å². The zero-order valence-electron chi connectivity index (χ0n) is 15.7. The molecule has 2 aromatic heterocycles. The van der Waals surface area contributed by atoms with Gasteiger partial charge < -0.3 is 15.6 Å². The Balaban J connectivity index is 1.86. The number of nitrogens with zero attached hydrogens (tertiary/aromatic N) is 2. The number of anilines is 2. The van der Waals surface area contributed by atoms with Gasteiger partial charge in [-0.2, -0.15) is 4.98 Å². The Labute approximate surface area is 149 Å². The number of nitrogens with one attached hydrogen (secondary N) is 3. The monoisotopic (exact) mass is 337 g/mol. The van der Waals surface area contributed by atoms with Crippen LogP contribution in [0.3, 0.4) is 0 Å². The molecule has 25 heavy (non-hydrogen) atoms. The Morgan fingerprint density at radius 2 is 2.00 bits per heavy atom. The number of H-pyrrole nitrogens is 1. The van der Waals surface area contributed by atoms with Crippen LogP contribution in [0.25, 0.3) is 10.9 Å². The van der Waals surface area contributed by atoms with Gasteiger partial charge in [-0.1, -0.05) is 18.6 Å². The topological polar surface area (TPSA) is 65.6 Å². The first-order chi connectivity index (χ1) is 12.0. The summed E-state index contributed by atoms with van der Waals surface area (Å²) in [7, 11) is 0. The number of aromatic amines is 1. The molecule has 0 unspecified atom stereocenters. The van der Waals surface area contributed by atoms with E-state index < -0.39 is 0 Å². The molecule has 0 aliphatic rings. The second-order valence-corrected chi connectivity index (χ2v) is 6.85. The van der Waals surface area contributed by atoms with Gasteiger partial charge in [0.1, 0.15) is 5.82 Å². The van der Waals surface area contributed by atoms with Crippen LogP contribution in [0.1, 0.15) is 43.2 Å². The lowest BCUT2D eigenvalue weighted by molar-refractivity contribution is 0.885. The highest BCUT2D eigenvalue weighted by molar-refractivity contribution is 5.88. The van der Waals surface area contributed by atoms with Crippen molar-refractivity contribution in [1.29, 1.82) is 0 Å². The van der Waals surface area contributed by atoms with E-state index in [1.165, 1.54) is 33.3 Å². The van der Waals surface area contributed by atoms with Crippen molar-refractivity contribution >= 4 is 22.7 Å². The normalized spacial score (nSPS) is 11.3. The molecule has 0 aliphatic carbocycles. The highest BCUT2D eigenvalue weighted by atomic mass is 15.1. The molecule has 3 N–H and O–H groups in total. The first-order valence-corrected chi connectivity index (χ1v) is 8.92. The highest BCUT2D eigenvalue weighted by Gasteiger charge is 2.11. The van der Waals surface area contributed by atoms with Crippen LogP contribution in [-0.2, 0) is 13.0 Å². The number of aromatic nitrogens is 3. The smallest absolute Gasteiger partial charge is 0.224 e. The number of hydrogen-bond acceptors (Lipinski definition) is 4. The molecule has 1 aromatic carbocycles. The Morgan fingerprint density at radius 1 is 1.20 bits per heavy atom. The fourth-order valence-corrected chi connectivity index (χ4v) is 3.20. The first kappa shape index (κ1) is 17.3. The third-order valence-corrected chi connectivity index (χ3v) is 4.38. The van der Waals surface area contributed by atoms with Crippen molar-refractivity contribution in [3.05, 3.63) is 46.8 Å². The molecule has 132 valence electrons. The van der Waals surface area contributed by atoms with Crippen LogP contribution in [0.15, 0.2) is 24.4 Å². The van der Waals surface area contributed by atoms with Crippen molar-refractivity contribution in [2.24, 2.45) is 0 Å². The van der Waals surface area contributed by atoms with Crippen LogP contribution < -0.4 is 10.6 Å². The molecular formula is C20H27N5. The number of hydrogen-bond donors (Lipinski definition) is 3. The zero-order valence-corrected chi connectivity index (χ0v) is 15.7. The van der Waals surface area contributed by atoms with Gasteiger partial charge in [-0.05, 0) is 57.4 Å². The van der Waals surface area contributed by atoms with E-state index in [9.17, 15) is 0 Å². The minimum absolute atomic E-state index is 0.341. The third-order valence-electron chi connectivity index (χ3n) is 4.38. The van der Waals surface area contributed by atoms with E-state index in [4.69, 9.17) is 0 Å². The van der Waals surface area contributed by atoms with Crippen LogP contribution >= 0.6 is 0 Å². The molecule has 0 amide bonds. The van der Waals surface area contributed by atoms with Gasteiger partial charge in [0.25, 0.3) is 0 Å². The number of benzene rings is 1. The summed E-state index contributed by atoms with van der Waals surface area (Å²) < 4.78 is 0. The van der Waals surface area contributed by atoms with Gasteiger partial charge in [0.15, 0.2) is 0 Å². The van der Waals surface area contributed by atoms with Crippen molar-refractivity contribution in [1.82, 2.24) is 15.0 Å². The Kier molecular flexibility index (Phi) is 4.93. The quantitative estimate of drug-likeness (QED) is 0.616. The van der Waals surface area contributed by atoms with E-state index in [-0.39, 0.29) is 0 Å². The van der Waals surface area contributed by atoms with E-state index in [1.54, 1.807) is 6.20 Å². The molecule has 3 aromatic rings. The lowest BCUT2D eigenvalue weighted by Crippen LogP contribution is -2.12. The molecule has 5 heteroatoms. The summed E-state index contributed by atoms with van der Waals surface area (Å²) in [4.78, 5) is 12.4. The molecule has 0 aliphatic heterocycles. The standard InChI is InChI=1S/C20H27N5/c1-6-17-14(5)16-10-13(4)9-15(19(16)24-17)11-22-20-21-8-7-18(25-20)23-12(2)3/h7-10,12,24H,6,11H2,1-5H3,(H2,21,22,23,25). The van der Waals surface area contributed by atoms with Crippen LogP contribution in [0.5, 0.6) is 0 Å². The molecule has 2 heterocycles. The Bertz CT molecular complexity index is 879. The van der Waals surface area contributed by atoms with E-state index >= 15 is 0 Å². The van der Waals surface area contributed by atoms with Gasteiger partial charge in [-0.25, -0.2) is 4.98 Å². The molecule has 0 bridgehead atoms. The maximum Gasteiger partial charge on any atom is 0.224 e. The SMILES string of the molecule is CCc1[nH]c2c(CNc3nccc(NC(C)C)n3)cc(C)cc2c1C. The van der Waals surface area contributed by atoms with E-state index in [0.717, 1.165) is 12.2 Å². The molecular weight excluding hydrogens is 310 g/mol. The van der Waals surface area contributed by atoms with E-state index in [1.807, 2.05) is 6.07 Å². The van der Waals surface area contributed by atoms with Crippen LogP contribution in [-0.4, -0.2) is 21.0 Å². The van der Waals surface area contributed by atoms with Crippen LogP contribution in [0.2, 0.25) is 0 Å². The van der Waals surface area contributed by atoms with Crippen molar-refractivity contribution in [3.63, 3.8) is 0 Å². The maximum absolute atomic E-state index is 4.53. The molecule has 0 radical (unpaired) electrons. The average molecular weight is 337 g/mol. The minimum atomic E-state index is 0.341. The zero-order chi connectivity index (χ0) is 18.0. The number of rotatable bonds is 6. The third kappa shape index (κ3) is 3.76. The van der Waals surface area contributed by atoms with Gasteiger partial charge in [-0.3, -0.25) is 0 Å². The molecule has 0 spiro atoms. The fourth-order valence-electron chi connectivity index (χ4n) is 3.20. The Hall–Kier alpha value is -2.56. The summed E-state index contributed by atoms with van der Waals surface area (Å²) >= 11 is 0. The van der Waals surface area contributed by atoms with Crippen molar-refractivity contribution in [2.75, 3.05) is 10.6 Å². The predicted octanol–water partition coefficient (Wildman–Crippen LogP) is 4.57. The molecule has 3 rings (SSSR count). The van der Waals surface area contributed by atoms with Gasteiger partial charge >= 0.3 is 0 Å². The fraction of sp³-hybridized carbons (Fsp3) is 0.400. The van der Waals surface area contributed by atoms with Crippen LogP contribution in [0, 0.1) is 13.8 Å². The maximum atomic E-state index is 4.53. The molecule has 0 atom stereocenters. The van der Waals surface area contributed by atoms with Crippen LogP contribution in [0.4, 0.5) is 11.8 Å². The second kappa shape index (κ2) is 7.13. The van der Waals surface area contributed by atoms with E-state index in [0.29, 0.717) is 18.5 Å². The minimum Gasteiger partial charge on any atom is -0.368 e. The summed E-state index contributed by atoms with van der Waals surface area (Å²) in [5.74, 6) is 1.48. The average Bonchev–Trinajstić information content (AvgIpc) is 2.89. The molecule has 0 saturated heterocycles. The summed E-state index contributed by atoms with van der Waals surface area (Å²) in [6.07, 6.45) is 2.79. The summed E-state index contributed by atoms with van der Waals surface area (Å²) in [5, 5.41) is 7.97. The van der Waals surface area contributed by atoms with E-state index in [2.05, 4.69) is 72.3 Å². The first-order valence-electron chi connectivity index (χ1n) is 8.92. The summed E-state index contributed by atoms with van der Waals surface area (Å²) in [6, 6.07) is 6.71. The number of aryl methyl sites for hydroxylation is 3. The second-order valence-electron chi connectivity index (χ2n) is 6.85. The van der Waals surface area contributed by atoms with Crippen molar-refractivity contribution in [2.45, 2.75) is 53.6 Å². The van der Waals surface area contributed by atoms with Gasteiger partial charge in [-0.15, -0.1) is 0 Å². The van der Waals surface area contributed by atoms with Crippen molar-refractivity contribution < 1.29 is 0 Å². The summed E-state index contributed by atoms with van der Waals surface area (Å²) in [6.45, 7) is 11.4. The molecule has 5 nitrogen and oxygen atoms in total. The van der Waals surface area contributed by atoms with Gasteiger partial charge in [0.2, 0.25) is 5.95 Å². The predicted molar refractivity (Wildman–Crippen MR) is 105 cm³/mol. The summed E-state index contributed by atoms with van der Waals surface area (Å²) in [5.41, 5.74) is 6.38.